The van der Waals surface area contributed by atoms with Gasteiger partial charge in [0.05, 0.1) is 5.41 Å². The molecule has 0 aromatic heterocycles. The Morgan fingerprint density at radius 3 is 2.34 bits per heavy atom. The smallest absolute Gasteiger partial charge is 0.311 e. The number of hydrogen-bond donors (Lipinski definition) is 0. The molecule has 160 valence electrons. The molecule has 0 heterocycles. The van der Waals surface area contributed by atoms with Crippen molar-refractivity contribution < 1.29 is 14.3 Å². The van der Waals surface area contributed by atoms with Gasteiger partial charge in [-0.2, -0.15) is 0 Å². The summed E-state index contributed by atoms with van der Waals surface area (Å²) in [5, 5.41) is 0. The third-order valence-electron chi connectivity index (χ3n) is 8.90. The zero-order valence-corrected chi connectivity index (χ0v) is 19.1. The van der Waals surface area contributed by atoms with Gasteiger partial charge >= 0.3 is 5.97 Å². The molecule has 0 amide bonds. The third-order valence-corrected chi connectivity index (χ3v) is 8.90. The van der Waals surface area contributed by atoms with Crippen LogP contribution in [0.1, 0.15) is 86.5 Å². The number of ketones is 1. The zero-order chi connectivity index (χ0) is 21.2. The van der Waals surface area contributed by atoms with Crippen LogP contribution < -0.4 is 0 Å². The van der Waals surface area contributed by atoms with E-state index in [9.17, 15) is 9.59 Å². The number of allylic oxidation sites excluding steroid dienone is 3. The Bertz CT molecular complexity index is 782. The molecule has 2 saturated carbocycles. The van der Waals surface area contributed by atoms with Gasteiger partial charge in [-0.3, -0.25) is 9.59 Å². The number of carbonyl (C=O) groups is 2. The molecule has 0 aliphatic heterocycles. The van der Waals surface area contributed by atoms with Crippen LogP contribution in [0.3, 0.4) is 0 Å². The summed E-state index contributed by atoms with van der Waals surface area (Å²) in [4.78, 5) is 24.6. The first-order valence-corrected chi connectivity index (χ1v) is 11.6. The monoisotopic (exact) mass is 398 g/mol. The molecule has 0 aromatic carbocycles. The van der Waals surface area contributed by atoms with Gasteiger partial charge in [0.15, 0.2) is 5.78 Å². The summed E-state index contributed by atoms with van der Waals surface area (Å²) in [5.41, 5.74) is 2.49. The van der Waals surface area contributed by atoms with E-state index in [4.69, 9.17) is 4.74 Å². The molecular formula is C26H38O3. The molecule has 0 unspecified atom stereocenters. The Kier molecular flexibility index (Phi) is 4.91. The summed E-state index contributed by atoms with van der Waals surface area (Å²) in [6, 6.07) is 0. The van der Waals surface area contributed by atoms with Crippen LogP contribution in [0.25, 0.3) is 0 Å². The highest BCUT2D eigenvalue weighted by Gasteiger charge is 2.57. The Labute approximate surface area is 176 Å². The average molecular weight is 399 g/mol. The maximum Gasteiger partial charge on any atom is 0.311 e. The van der Waals surface area contributed by atoms with Crippen molar-refractivity contribution in [2.45, 2.75) is 92.6 Å². The van der Waals surface area contributed by atoms with Crippen LogP contribution in [0.5, 0.6) is 0 Å². The molecular weight excluding hydrogens is 360 g/mol. The molecule has 6 atom stereocenters. The van der Waals surface area contributed by atoms with E-state index in [-0.39, 0.29) is 28.7 Å². The van der Waals surface area contributed by atoms with E-state index in [1.54, 1.807) is 6.92 Å². The third kappa shape index (κ3) is 3.24. The van der Waals surface area contributed by atoms with Crippen LogP contribution in [0.15, 0.2) is 23.3 Å². The first-order valence-electron chi connectivity index (χ1n) is 11.6. The largest absolute Gasteiger partial charge is 0.462 e. The van der Waals surface area contributed by atoms with Gasteiger partial charge in [-0.25, -0.2) is 0 Å². The summed E-state index contributed by atoms with van der Waals surface area (Å²) >= 11 is 0. The predicted octanol–water partition coefficient (Wildman–Crippen LogP) is 6.03. The zero-order valence-electron chi connectivity index (χ0n) is 19.1. The maximum absolute atomic E-state index is 12.4. The summed E-state index contributed by atoms with van der Waals surface area (Å²) < 4.78 is 5.89. The molecule has 29 heavy (non-hydrogen) atoms. The SMILES string of the molecule is CC(=O)C1=CC[C@H]2[C@@H]3CC=C4C[C@@H](OC(=O)C(C)(C)C)CC[C@]4(C)[C@H]3CC[C@]12C. The predicted molar refractivity (Wildman–Crippen MR) is 115 cm³/mol. The van der Waals surface area contributed by atoms with Gasteiger partial charge in [0, 0.05) is 6.42 Å². The highest BCUT2D eigenvalue weighted by atomic mass is 16.5. The normalized spacial score (nSPS) is 41.4. The summed E-state index contributed by atoms with van der Waals surface area (Å²) in [6.07, 6.45) is 12.3. The fraction of sp³-hybridized carbons (Fsp3) is 0.769. The number of hydrogen-bond acceptors (Lipinski definition) is 3. The topological polar surface area (TPSA) is 43.4 Å². The standard InChI is InChI=1S/C26H38O3/c1-16(27)20-9-10-21-19-8-7-17-15-18(29-23(28)24(2,3)4)11-13-25(17,5)22(19)12-14-26(20,21)6/h7,9,18-19,21-22H,8,10-15H2,1-6H3/t18-,19-,21-,22-,25-,26+/m0/s1. The lowest BCUT2D eigenvalue weighted by Gasteiger charge is -2.57. The van der Waals surface area contributed by atoms with Crippen molar-refractivity contribution in [1.82, 2.24) is 0 Å². The first kappa shape index (κ1) is 20.9. The number of esters is 1. The molecule has 0 bridgehead atoms. The van der Waals surface area contributed by atoms with Crippen LogP contribution in [-0.4, -0.2) is 17.9 Å². The van der Waals surface area contributed by atoms with Crippen molar-refractivity contribution in [2.24, 2.45) is 34.0 Å². The van der Waals surface area contributed by atoms with E-state index < -0.39 is 5.41 Å². The molecule has 4 rings (SSSR count). The second kappa shape index (κ2) is 6.82. The van der Waals surface area contributed by atoms with Gasteiger partial charge in [0.2, 0.25) is 0 Å². The first-order chi connectivity index (χ1) is 13.5. The van der Waals surface area contributed by atoms with Crippen LogP contribution in [0.2, 0.25) is 0 Å². The molecule has 0 N–H and O–H groups in total. The van der Waals surface area contributed by atoms with E-state index in [0.717, 1.165) is 44.1 Å². The van der Waals surface area contributed by atoms with Crippen molar-refractivity contribution in [3.05, 3.63) is 23.3 Å². The van der Waals surface area contributed by atoms with Crippen LogP contribution in [0, 0.1) is 34.0 Å². The molecule has 2 fully saturated rings. The van der Waals surface area contributed by atoms with Crippen molar-refractivity contribution in [1.29, 1.82) is 0 Å². The molecule has 3 nitrogen and oxygen atoms in total. The maximum atomic E-state index is 12.4. The van der Waals surface area contributed by atoms with E-state index >= 15 is 0 Å². The number of ether oxygens (including phenoxy) is 1. The molecule has 3 heteroatoms. The second-order valence-electron chi connectivity index (χ2n) is 11.6. The Morgan fingerprint density at radius 2 is 1.69 bits per heavy atom. The average Bonchev–Trinajstić information content (AvgIpc) is 2.98. The highest BCUT2D eigenvalue weighted by Crippen LogP contribution is 2.65. The summed E-state index contributed by atoms with van der Waals surface area (Å²) in [5.74, 6) is 2.16. The lowest BCUT2D eigenvalue weighted by atomic mass is 9.47. The molecule has 4 aliphatic carbocycles. The van der Waals surface area contributed by atoms with Gasteiger partial charge in [0.25, 0.3) is 0 Å². The second-order valence-corrected chi connectivity index (χ2v) is 11.6. The lowest BCUT2D eigenvalue weighted by Crippen LogP contribution is -2.50. The highest BCUT2D eigenvalue weighted by molar-refractivity contribution is 5.95. The van der Waals surface area contributed by atoms with E-state index in [1.165, 1.54) is 12.0 Å². The molecule has 0 aromatic rings. The van der Waals surface area contributed by atoms with Gasteiger partial charge in [-0.15, -0.1) is 0 Å². The number of fused-ring (bicyclic) bond motifs is 5. The van der Waals surface area contributed by atoms with E-state index in [0.29, 0.717) is 17.8 Å². The number of Topliss-reactive ketones (excluding diaryl/α,β-unsaturated/α-hetero) is 1. The van der Waals surface area contributed by atoms with E-state index in [2.05, 4.69) is 26.0 Å². The van der Waals surface area contributed by atoms with Crippen LogP contribution in [-0.2, 0) is 14.3 Å². The van der Waals surface area contributed by atoms with Crippen molar-refractivity contribution in [2.75, 3.05) is 0 Å². The molecule has 0 saturated heterocycles. The minimum absolute atomic E-state index is 0.0314. The van der Waals surface area contributed by atoms with E-state index in [1.807, 2.05) is 20.8 Å². The number of rotatable bonds is 2. The van der Waals surface area contributed by atoms with Crippen LogP contribution >= 0.6 is 0 Å². The van der Waals surface area contributed by atoms with Gasteiger partial charge in [-0.1, -0.05) is 31.6 Å². The van der Waals surface area contributed by atoms with Gasteiger partial charge < -0.3 is 4.74 Å². The molecule has 0 spiro atoms. The molecule has 0 radical (unpaired) electrons. The van der Waals surface area contributed by atoms with Crippen molar-refractivity contribution >= 4 is 11.8 Å². The Morgan fingerprint density at radius 1 is 1.00 bits per heavy atom. The Hall–Kier alpha value is -1.38. The summed E-state index contributed by atoms with van der Waals surface area (Å²) in [7, 11) is 0. The van der Waals surface area contributed by atoms with Crippen molar-refractivity contribution in [3.8, 4) is 0 Å². The number of carbonyl (C=O) groups excluding carboxylic acids is 2. The minimum Gasteiger partial charge on any atom is -0.462 e. The van der Waals surface area contributed by atoms with Crippen LogP contribution in [0.4, 0.5) is 0 Å². The fourth-order valence-corrected chi connectivity index (χ4v) is 7.17. The fourth-order valence-electron chi connectivity index (χ4n) is 7.17. The van der Waals surface area contributed by atoms with Gasteiger partial charge in [-0.05, 0) is 100 Å². The van der Waals surface area contributed by atoms with Gasteiger partial charge in [0.1, 0.15) is 6.10 Å². The van der Waals surface area contributed by atoms with Crippen molar-refractivity contribution in [3.63, 3.8) is 0 Å². The molecule has 4 aliphatic rings. The summed E-state index contributed by atoms with van der Waals surface area (Å²) in [6.45, 7) is 12.3. The quantitative estimate of drug-likeness (QED) is 0.421. The minimum atomic E-state index is -0.440. The Balaban J connectivity index is 1.53. The lowest BCUT2D eigenvalue weighted by molar-refractivity contribution is -0.160.